The van der Waals surface area contributed by atoms with Gasteiger partial charge in [-0.15, -0.1) is 0 Å². The van der Waals surface area contributed by atoms with Crippen LogP contribution in [0.3, 0.4) is 0 Å². The lowest BCUT2D eigenvalue weighted by Gasteiger charge is -2.08. The average molecular weight is 418 g/mol. The summed E-state index contributed by atoms with van der Waals surface area (Å²) in [5, 5.41) is -0.830. The van der Waals surface area contributed by atoms with E-state index in [1.807, 2.05) is 0 Å². The molecule has 0 fully saturated rings. The molecular formula is C16H11ClF3N3O3S. The van der Waals surface area contributed by atoms with Crippen molar-refractivity contribution in [2.75, 3.05) is 5.75 Å². The standard InChI is InChI=1S/C16H11ClF3N3O3S/c1-2-27(25,26)12-5-9(15(17)24)3-4-10(12)11-7-23-8-21-13(16(18,19)20)6-14(23)22-11/h3-8H,2H2,1H3. The summed E-state index contributed by atoms with van der Waals surface area (Å²) in [5.74, 6) is -0.243. The number of imidazole rings is 1. The van der Waals surface area contributed by atoms with Crippen molar-refractivity contribution in [2.24, 2.45) is 0 Å². The second-order valence-corrected chi connectivity index (χ2v) is 8.14. The number of nitrogens with zero attached hydrogens (tertiary/aromatic N) is 3. The van der Waals surface area contributed by atoms with Crippen molar-refractivity contribution >= 4 is 32.3 Å². The van der Waals surface area contributed by atoms with Crippen molar-refractivity contribution in [1.82, 2.24) is 14.4 Å². The maximum absolute atomic E-state index is 12.8. The molecule has 0 saturated heterocycles. The van der Waals surface area contributed by atoms with Crippen molar-refractivity contribution in [2.45, 2.75) is 18.0 Å². The zero-order chi connectivity index (χ0) is 20.0. The first kappa shape index (κ1) is 19.3. The molecule has 0 spiro atoms. The molecular weight excluding hydrogens is 407 g/mol. The van der Waals surface area contributed by atoms with E-state index in [1.165, 1.54) is 29.7 Å². The molecule has 3 rings (SSSR count). The SMILES string of the molecule is CCS(=O)(=O)c1cc(C(=O)Cl)ccc1-c1cn2cnc(C(F)(F)F)cc2n1. The number of carbonyl (C=O) groups is 1. The number of alkyl halides is 3. The van der Waals surface area contributed by atoms with Crippen LogP contribution in [0.2, 0.25) is 0 Å². The molecule has 27 heavy (non-hydrogen) atoms. The first-order chi connectivity index (χ1) is 12.5. The van der Waals surface area contributed by atoms with E-state index in [-0.39, 0.29) is 33.1 Å². The fourth-order valence-corrected chi connectivity index (χ4v) is 3.69. The molecule has 0 bridgehead atoms. The van der Waals surface area contributed by atoms with Crippen LogP contribution in [0.5, 0.6) is 0 Å². The van der Waals surface area contributed by atoms with Gasteiger partial charge in [-0.25, -0.2) is 18.4 Å². The Labute approximate surface area is 156 Å². The summed E-state index contributed by atoms with van der Waals surface area (Å²) in [7, 11) is -3.76. The summed E-state index contributed by atoms with van der Waals surface area (Å²) >= 11 is 5.42. The van der Waals surface area contributed by atoms with Crippen molar-refractivity contribution < 1.29 is 26.4 Å². The van der Waals surface area contributed by atoms with Crippen LogP contribution in [0, 0.1) is 0 Å². The van der Waals surface area contributed by atoms with E-state index < -0.39 is 26.9 Å². The van der Waals surface area contributed by atoms with Gasteiger partial charge in [0.1, 0.15) is 17.7 Å². The molecule has 0 aliphatic carbocycles. The number of carbonyl (C=O) groups excluding carboxylic acids is 1. The third-order valence-electron chi connectivity index (χ3n) is 3.84. The molecule has 0 radical (unpaired) electrons. The third kappa shape index (κ3) is 3.67. The van der Waals surface area contributed by atoms with E-state index in [0.29, 0.717) is 0 Å². The lowest BCUT2D eigenvalue weighted by molar-refractivity contribution is -0.141. The van der Waals surface area contributed by atoms with Gasteiger partial charge in [-0.2, -0.15) is 13.2 Å². The summed E-state index contributed by atoms with van der Waals surface area (Å²) in [4.78, 5) is 18.6. The Balaban J connectivity index is 2.22. The molecule has 0 unspecified atom stereocenters. The Hall–Kier alpha value is -2.46. The molecule has 0 atom stereocenters. The van der Waals surface area contributed by atoms with Crippen molar-refractivity contribution in [3.63, 3.8) is 0 Å². The van der Waals surface area contributed by atoms with Crippen LogP contribution in [0.1, 0.15) is 23.0 Å². The molecule has 1 aromatic carbocycles. The quantitative estimate of drug-likeness (QED) is 0.606. The number of aromatic nitrogens is 3. The number of fused-ring (bicyclic) bond motifs is 1. The van der Waals surface area contributed by atoms with Crippen LogP contribution in [0.15, 0.2) is 41.7 Å². The van der Waals surface area contributed by atoms with E-state index >= 15 is 0 Å². The minimum atomic E-state index is -4.63. The van der Waals surface area contributed by atoms with Gasteiger partial charge in [0.2, 0.25) is 0 Å². The fraction of sp³-hybridized carbons (Fsp3) is 0.188. The number of rotatable bonds is 4. The Bertz CT molecular complexity index is 1160. The van der Waals surface area contributed by atoms with Crippen LogP contribution in [0.25, 0.3) is 16.9 Å². The van der Waals surface area contributed by atoms with Gasteiger partial charge < -0.3 is 0 Å². The second-order valence-electron chi connectivity index (χ2n) is 5.55. The van der Waals surface area contributed by atoms with E-state index in [4.69, 9.17) is 11.6 Å². The third-order valence-corrected chi connectivity index (χ3v) is 5.82. The van der Waals surface area contributed by atoms with Gasteiger partial charge in [-0.05, 0) is 23.7 Å². The Kier molecular flexibility index (Phi) is 4.73. The average Bonchev–Trinajstić information content (AvgIpc) is 3.03. The summed E-state index contributed by atoms with van der Waals surface area (Å²) in [6.07, 6.45) is -2.33. The van der Waals surface area contributed by atoms with E-state index in [9.17, 15) is 26.4 Å². The van der Waals surface area contributed by atoms with Crippen LogP contribution in [-0.4, -0.2) is 33.8 Å². The highest BCUT2D eigenvalue weighted by Crippen LogP contribution is 2.31. The molecule has 2 heterocycles. The molecule has 142 valence electrons. The van der Waals surface area contributed by atoms with Gasteiger partial charge in [0, 0.05) is 23.4 Å². The lowest BCUT2D eigenvalue weighted by atomic mass is 10.1. The normalized spacial score (nSPS) is 12.5. The minimum absolute atomic E-state index is 0.0165. The van der Waals surface area contributed by atoms with E-state index in [0.717, 1.165) is 18.5 Å². The van der Waals surface area contributed by atoms with E-state index in [2.05, 4.69) is 9.97 Å². The molecule has 0 N–H and O–H groups in total. The fourth-order valence-electron chi connectivity index (χ4n) is 2.44. The van der Waals surface area contributed by atoms with Gasteiger partial charge in [-0.3, -0.25) is 9.20 Å². The summed E-state index contributed by atoms with van der Waals surface area (Å²) < 4.78 is 64.5. The van der Waals surface area contributed by atoms with Crippen LogP contribution in [0.4, 0.5) is 13.2 Å². The number of benzene rings is 1. The van der Waals surface area contributed by atoms with Crippen LogP contribution in [-0.2, 0) is 16.0 Å². The predicted molar refractivity (Wildman–Crippen MR) is 91.3 cm³/mol. The molecule has 0 amide bonds. The Morgan fingerprint density at radius 3 is 2.56 bits per heavy atom. The summed E-state index contributed by atoms with van der Waals surface area (Å²) in [5.41, 5.74) is -0.911. The molecule has 11 heteroatoms. The van der Waals surface area contributed by atoms with Gasteiger partial charge in [0.05, 0.1) is 16.3 Å². The highest BCUT2D eigenvalue weighted by Gasteiger charge is 2.33. The Morgan fingerprint density at radius 2 is 1.96 bits per heavy atom. The molecule has 0 aliphatic rings. The largest absolute Gasteiger partial charge is 0.433 e. The first-order valence-electron chi connectivity index (χ1n) is 7.52. The number of hydrogen-bond acceptors (Lipinski definition) is 5. The van der Waals surface area contributed by atoms with Gasteiger partial charge in [0.15, 0.2) is 9.84 Å². The number of sulfone groups is 1. The molecule has 6 nitrogen and oxygen atoms in total. The summed E-state index contributed by atoms with van der Waals surface area (Å²) in [6, 6.07) is 4.56. The van der Waals surface area contributed by atoms with Crippen LogP contribution < -0.4 is 0 Å². The maximum Gasteiger partial charge on any atom is 0.433 e. The molecule has 3 aromatic rings. The van der Waals surface area contributed by atoms with Crippen molar-refractivity contribution in [1.29, 1.82) is 0 Å². The zero-order valence-corrected chi connectivity index (χ0v) is 15.2. The summed E-state index contributed by atoms with van der Waals surface area (Å²) in [6.45, 7) is 1.43. The van der Waals surface area contributed by atoms with Crippen molar-refractivity contribution in [3.05, 3.63) is 48.0 Å². The topological polar surface area (TPSA) is 81.4 Å². The number of hydrogen-bond donors (Lipinski definition) is 0. The first-order valence-corrected chi connectivity index (χ1v) is 9.55. The highest BCUT2D eigenvalue weighted by molar-refractivity contribution is 7.91. The maximum atomic E-state index is 12.8. The smallest absolute Gasteiger partial charge is 0.290 e. The predicted octanol–water partition coefficient (Wildman–Crippen LogP) is 3.59. The van der Waals surface area contributed by atoms with Crippen LogP contribution >= 0.6 is 11.6 Å². The lowest BCUT2D eigenvalue weighted by Crippen LogP contribution is -2.08. The highest BCUT2D eigenvalue weighted by atomic mass is 35.5. The number of halogens is 4. The zero-order valence-electron chi connectivity index (χ0n) is 13.7. The minimum Gasteiger partial charge on any atom is -0.290 e. The van der Waals surface area contributed by atoms with Gasteiger partial charge >= 0.3 is 6.18 Å². The van der Waals surface area contributed by atoms with Gasteiger partial charge in [0.25, 0.3) is 5.24 Å². The van der Waals surface area contributed by atoms with E-state index in [1.54, 1.807) is 0 Å². The second kappa shape index (κ2) is 6.61. The van der Waals surface area contributed by atoms with Gasteiger partial charge in [-0.1, -0.05) is 13.0 Å². The molecule has 0 aliphatic heterocycles. The Morgan fingerprint density at radius 1 is 1.26 bits per heavy atom. The molecule has 0 saturated carbocycles. The molecule has 2 aromatic heterocycles. The van der Waals surface area contributed by atoms with Crippen molar-refractivity contribution in [3.8, 4) is 11.3 Å². The monoisotopic (exact) mass is 417 g/mol.